The van der Waals surface area contributed by atoms with Crippen LogP contribution in [0, 0.1) is 0 Å². The van der Waals surface area contributed by atoms with Crippen LogP contribution in [0.25, 0.3) is 6.08 Å². The van der Waals surface area contributed by atoms with E-state index in [9.17, 15) is 9.59 Å². The zero-order valence-corrected chi connectivity index (χ0v) is 14.2. The Morgan fingerprint density at radius 3 is 2.62 bits per heavy atom. The van der Waals surface area contributed by atoms with Gasteiger partial charge in [-0.3, -0.25) is 9.59 Å². The Kier molecular flexibility index (Phi) is 4.69. The minimum Gasteiger partial charge on any atom is -0.267 e. The van der Waals surface area contributed by atoms with E-state index in [2.05, 4.69) is 4.99 Å². The molecule has 5 nitrogen and oxygen atoms in total. The lowest BCUT2D eigenvalue weighted by atomic mass is 10.2. The van der Waals surface area contributed by atoms with E-state index in [0.29, 0.717) is 0 Å². The fraction of sp³-hybridized carbons (Fsp3) is 0.167. The van der Waals surface area contributed by atoms with Gasteiger partial charge in [0.1, 0.15) is 5.71 Å². The molecule has 2 aromatic rings. The molecule has 2 amide bonds. The van der Waals surface area contributed by atoms with Gasteiger partial charge in [-0.1, -0.05) is 24.3 Å². The number of hydrazine groups is 1. The van der Waals surface area contributed by atoms with Crippen LogP contribution in [0.1, 0.15) is 11.8 Å². The molecule has 122 valence electrons. The Morgan fingerprint density at radius 2 is 1.96 bits per heavy atom. The molecular formula is C18H17N3O2S. The maximum absolute atomic E-state index is 12.7. The molecule has 1 unspecified atom stereocenters. The van der Waals surface area contributed by atoms with Gasteiger partial charge >= 0.3 is 0 Å². The SMILES string of the molecule is CC1C(=NC(=O)/C=C/c2cccs2)C(=O)N(c2ccccc2)N1C. The van der Waals surface area contributed by atoms with Crippen LogP contribution in [0.3, 0.4) is 0 Å². The molecule has 0 N–H and O–H groups in total. The van der Waals surface area contributed by atoms with E-state index >= 15 is 0 Å². The van der Waals surface area contributed by atoms with E-state index < -0.39 is 5.91 Å². The van der Waals surface area contributed by atoms with Gasteiger partial charge in [-0.15, -0.1) is 11.3 Å². The van der Waals surface area contributed by atoms with Gasteiger partial charge < -0.3 is 0 Å². The fourth-order valence-corrected chi connectivity index (χ4v) is 3.10. The van der Waals surface area contributed by atoms with Crippen molar-refractivity contribution in [2.24, 2.45) is 4.99 Å². The van der Waals surface area contributed by atoms with Gasteiger partial charge in [0.25, 0.3) is 11.8 Å². The molecule has 3 rings (SSSR count). The van der Waals surface area contributed by atoms with Crippen molar-refractivity contribution in [1.29, 1.82) is 0 Å². The number of amides is 2. The quantitative estimate of drug-likeness (QED) is 0.808. The largest absolute Gasteiger partial charge is 0.289 e. The predicted octanol–water partition coefficient (Wildman–Crippen LogP) is 3.01. The number of carbonyl (C=O) groups excluding carboxylic acids is 2. The number of benzene rings is 1. The number of nitrogens with zero attached hydrogens (tertiary/aromatic N) is 3. The lowest BCUT2D eigenvalue weighted by Crippen LogP contribution is -2.38. The first-order valence-corrected chi connectivity index (χ1v) is 8.42. The predicted molar refractivity (Wildman–Crippen MR) is 96.9 cm³/mol. The molecule has 0 saturated carbocycles. The molecule has 1 fully saturated rings. The number of para-hydroxylation sites is 1. The number of anilines is 1. The van der Waals surface area contributed by atoms with E-state index in [-0.39, 0.29) is 17.7 Å². The van der Waals surface area contributed by atoms with Crippen LogP contribution in [0.2, 0.25) is 0 Å². The van der Waals surface area contributed by atoms with E-state index in [1.54, 1.807) is 16.1 Å². The van der Waals surface area contributed by atoms with Gasteiger partial charge in [-0.2, -0.15) is 0 Å². The lowest BCUT2D eigenvalue weighted by Gasteiger charge is -2.25. The normalized spacial score (nSPS) is 20.4. The van der Waals surface area contributed by atoms with Crippen LogP contribution >= 0.6 is 11.3 Å². The van der Waals surface area contributed by atoms with Gasteiger partial charge in [0.05, 0.1) is 11.7 Å². The van der Waals surface area contributed by atoms with E-state index in [1.807, 2.05) is 61.8 Å². The van der Waals surface area contributed by atoms with Crippen LogP contribution < -0.4 is 5.01 Å². The van der Waals surface area contributed by atoms with Gasteiger partial charge in [-0.05, 0) is 36.6 Å². The summed E-state index contributed by atoms with van der Waals surface area (Å²) < 4.78 is 0. The van der Waals surface area contributed by atoms with E-state index in [0.717, 1.165) is 10.6 Å². The molecule has 0 spiro atoms. The molecule has 1 aliphatic rings. The molecule has 24 heavy (non-hydrogen) atoms. The number of rotatable bonds is 3. The van der Waals surface area contributed by atoms with Gasteiger partial charge in [0, 0.05) is 18.0 Å². The fourth-order valence-electron chi connectivity index (χ4n) is 2.49. The minimum absolute atomic E-state index is 0.252. The summed E-state index contributed by atoms with van der Waals surface area (Å²) in [7, 11) is 1.81. The lowest BCUT2D eigenvalue weighted by molar-refractivity contribution is -0.115. The van der Waals surface area contributed by atoms with Crippen molar-refractivity contribution >= 4 is 40.6 Å². The molecule has 0 radical (unpaired) electrons. The minimum atomic E-state index is -0.429. The Labute approximate surface area is 144 Å². The number of aliphatic imine (C=N–C) groups is 1. The average Bonchev–Trinajstić information content (AvgIpc) is 3.17. The molecule has 1 saturated heterocycles. The Balaban J connectivity index is 1.83. The standard InChI is InChI=1S/C18H17N3O2S/c1-13-17(19-16(22)11-10-15-9-6-12-24-15)18(23)21(20(13)2)14-7-4-3-5-8-14/h3-13H,1-2H3/b11-10+,19-17?. The summed E-state index contributed by atoms with van der Waals surface area (Å²) in [6, 6.07) is 12.9. The third-order valence-electron chi connectivity index (χ3n) is 3.85. The first-order valence-electron chi connectivity index (χ1n) is 7.54. The van der Waals surface area contributed by atoms with E-state index in [1.165, 1.54) is 17.4 Å². The summed E-state index contributed by atoms with van der Waals surface area (Å²) >= 11 is 1.54. The second-order valence-corrected chi connectivity index (χ2v) is 6.37. The van der Waals surface area contributed by atoms with Crippen LogP contribution in [0.5, 0.6) is 0 Å². The first kappa shape index (κ1) is 16.3. The molecule has 1 atom stereocenters. The van der Waals surface area contributed by atoms with Crippen molar-refractivity contribution in [2.75, 3.05) is 12.1 Å². The van der Waals surface area contributed by atoms with E-state index in [4.69, 9.17) is 0 Å². The first-order chi connectivity index (χ1) is 11.6. The van der Waals surface area contributed by atoms with Crippen LogP contribution in [-0.4, -0.2) is 35.6 Å². The summed E-state index contributed by atoms with van der Waals surface area (Å²) in [5, 5.41) is 5.26. The summed E-state index contributed by atoms with van der Waals surface area (Å²) in [5.74, 6) is -0.698. The highest BCUT2D eigenvalue weighted by molar-refractivity contribution is 7.10. The van der Waals surface area contributed by atoms with Crippen molar-refractivity contribution in [3.05, 3.63) is 58.8 Å². The monoisotopic (exact) mass is 339 g/mol. The molecule has 0 bridgehead atoms. The molecule has 1 aromatic carbocycles. The van der Waals surface area contributed by atoms with Crippen molar-refractivity contribution in [3.8, 4) is 0 Å². The smallest absolute Gasteiger partial charge is 0.267 e. The molecule has 1 aromatic heterocycles. The summed E-state index contributed by atoms with van der Waals surface area (Å²) in [6.07, 6.45) is 3.10. The third kappa shape index (κ3) is 3.20. The van der Waals surface area contributed by atoms with Gasteiger partial charge in [0.2, 0.25) is 0 Å². The van der Waals surface area contributed by atoms with Gasteiger partial charge in [-0.25, -0.2) is 15.0 Å². The second-order valence-electron chi connectivity index (χ2n) is 5.39. The number of thiophene rings is 1. The van der Waals surface area contributed by atoms with Crippen molar-refractivity contribution in [3.63, 3.8) is 0 Å². The average molecular weight is 339 g/mol. The molecule has 1 aliphatic heterocycles. The zero-order chi connectivity index (χ0) is 17.1. The Hall–Kier alpha value is -2.57. The molecular weight excluding hydrogens is 322 g/mol. The Bertz CT molecular complexity index is 797. The summed E-state index contributed by atoms with van der Waals surface area (Å²) in [4.78, 5) is 29.7. The van der Waals surface area contributed by atoms with Crippen LogP contribution in [0.15, 0.2) is 58.9 Å². The third-order valence-corrected chi connectivity index (χ3v) is 4.69. The topological polar surface area (TPSA) is 53.0 Å². The van der Waals surface area contributed by atoms with Crippen molar-refractivity contribution in [1.82, 2.24) is 5.01 Å². The highest BCUT2D eigenvalue weighted by atomic mass is 32.1. The van der Waals surface area contributed by atoms with Crippen molar-refractivity contribution < 1.29 is 9.59 Å². The Morgan fingerprint density at radius 1 is 1.21 bits per heavy atom. The number of hydrogen-bond acceptors (Lipinski definition) is 4. The molecule has 6 heteroatoms. The van der Waals surface area contributed by atoms with Crippen LogP contribution in [0.4, 0.5) is 5.69 Å². The number of hydrogen-bond donors (Lipinski definition) is 0. The van der Waals surface area contributed by atoms with Crippen LogP contribution in [-0.2, 0) is 9.59 Å². The summed E-state index contributed by atoms with van der Waals surface area (Å²) in [6.45, 7) is 1.86. The highest BCUT2D eigenvalue weighted by Gasteiger charge is 2.40. The zero-order valence-electron chi connectivity index (χ0n) is 13.4. The highest BCUT2D eigenvalue weighted by Crippen LogP contribution is 2.24. The number of carbonyl (C=O) groups is 2. The maximum Gasteiger partial charge on any atom is 0.289 e. The summed E-state index contributed by atoms with van der Waals surface area (Å²) in [5.41, 5.74) is 1.01. The molecule has 2 heterocycles. The maximum atomic E-state index is 12.7. The second kappa shape index (κ2) is 6.90. The van der Waals surface area contributed by atoms with Crippen molar-refractivity contribution in [2.45, 2.75) is 13.0 Å². The molecule has 0 aliphatic carbocycles. The van der Waals surface area contributed by atoms with Gasteiger partial charge in [0.15, 0.2) is 0 Å².